The standard InChI is InChI=1S/C10H13F2NO/c1-7(13)10(11,12)6-8-3-2-4-9(14)5-8/h2-5,7,14H,6,13H2,1H3. The summed E-state index contributed by atoms with van der Waals surface area (Å²) in [5.41, 5.74) is 5.53. The van der Waals surface area contributed by atoms with Gasteiger partial charge in [-0.25, -0.2) is 8.78 Å². The van der Waals surface area contributed by atoms with E-state index >= 15 is 0 Å². The summed E-state index contributed by atoms with van der Waals surface area (Å²) in [7, 11) is 0. The van der Waals surface area contributed by atoms with Crippen molar-refractivity contribution in [3.8, 4) is 5.75 Å². The van der Waals surface area contributed by atoms with E-state index in [2.05, 4.69) is 0 Å². The zero-order valence-electron chi connectivity index (χ0n) is 7.87. The maximum Gasteiger partial charge on any atom is 0.266 e. The molecule has 0 amide bonds. The van der Waals surface area contributed by atoms with Crippen molar-refractivity contribution in [2.24, 2.45) is 5.73 Å². The van der Waals surface area contributed by atoms with Crippen molar-refractivity contribution in [3.63, 3.8) is 0 Å². The zero-order chi connectivity index (χ0) is 10.8. The Morgan fingerprint density at radius 2 is 2.14 bits per heavy atom. The first kappa shape index (κ1) is 10.9. The molecule has 0 heterocycles. The lowest BCUT2D eigenvalue weighted by atomic mass is 10.0. The first-order chi connectivity index (χ1) is 6.42. The molecule has 3 N–H and O–H groups in total. The van der Waals surface area contributed by atoms with Crippen LogP contribution in [-0.4, -0.2) is 17.1 Å². The van der Waals surface area contributed by atoms with Crippen LogP contribution in [0.4, 0.5) is 8.78 Å². The number of halogens is 2. The van der Waals surface area contributed by atoms with Gasteiger partial charge in [-0.2, -0.15) is 0 Å². The van der Waals surface area contributed by atoms with Crippen molar-refractivity contribution < 1.29 is 13.9 Å². The van der Waals surface area contributed by atoms with E-state index in [4.69, 9.17) is 10.8 Å². The molecule has 1 unspecified atom stereocenters. The highest BCUT2D eigenvalue weighted by atomic mass is 19.3. The molecule has 2 nitrogen and oxygen atoms in total. The van der Waals surface area contributed by atoms with Gasteiger partial charge in [0.25, 0.3) is 5.92 Å². The van der Waals surface area contributed by atoms with Crippen LogP contribution in [0.25, 0.3) is 0 Å². The van der Waals surface area contributed by atoms with E-state index in [1.54, 1.807) is 0 Å². The number of hydrogen-bond donors (Lipinski definition) is 2. The van der Waals surface area contributed by atoms with Crippen LogP contribution < -0.4 is 5.73 Å². The maximum atomic E-state index is 13.2. The highest BCUT2D eigenvalue weighted by Crippen LogP contribution is 2.24. The molecule has 0 bridgehead atoms. The van der Waals surface area contributed by atoms with Crippen LogP contribution in [0, 0.1) is 0 Å². The van der Waals surface area contributed by atoms with Gasteiger partial charge in [0.15, 0.2) is 0 Å². The van der Waals surface area contributed by atoms with Crippen LogP contribution in [0.1, 0.15) is 12.5 Å². The van der Waals surface area contributed by atoms with E-state index in [0.717, 1.165) is 0 Å². The summed E-state index contributed by atoms with van der Waals surface area (Å²) in [5, 5.41) is 9.07. The molecule has 1 aromatic rings. The van der Waals surface area contributed by atoms with Gasteiger partial charge in [-0.15, -0.1) is 0 Å². The van der Waals surface area contributed by atoms with Gasteiger partial charge in [-0.05, 0) is 24.6 Å². The van der Waals surface area contributed by atoms with Crippen molar-refractivity contribution in [2.75, 3.05) is 0 Å². The van der Waals surface area contributed by atoms with E-state index in [1.165, 1.54) is 31.2 Å². The van der Waals surface area contributed by atoms with Gasteiger partial charge in [-0.3, -0.25) is 0 Å². The monoisotopic (exact) mass is 201 g/mol. The van der Waals surface area contributed by atoms with Crippen LogP contribution in [-0.2, 0) is 6.42 Å². The van der Waals surface area contributed by atoms with Gasteiger partial charge < -0.3 is 10.8 Å². The summed E-state index contributed by atoms with van der Waals surface area (Å²) in [6, 6.07) is 4.63. The first-order valence-corrected chi connectivity index (χ1v) is 4.33. The minimum Gasteiger partial charge on any atom is -0.508 e. The normalized spacial score (nSPS) is 14.0. The lowest BCUT2D eigenvalue weighted by Crippen LogP contribution is -2.39. The van der Waals surface area contributed by atoms with Crippen molar-refractivity contribution >= 4 is 0 Å². The highest BCUT2D eigenvalue weighted by Gasteiger charge is 2.33. The van der Waals surface area contributed by atoms with E-state index in [0.29, 0.717) is 5.56 Å². The molecule has 78 valence electrons. The molecule has 4 heteroatoms. The van der Waals surface area contributed by atoms with Gasteiger partial charge in [0.1, 0.15) is 5.75 Å². The Labute approximate surface area is 81.4 Å². The fourth-order valence-electron chi connectivity index (χ4n) is 1.10. The Morgan fingerprint density at radius 3 is 2.64 bits per heavy atom. The second-order valence-electron chi connectivity index (χ2n) is 3.40. The second kappa shape index (κ2) is 3.92. The highest BCUT2D eigenvalue weighted by molar-refractivity contribution is 5.28. The SMILES string of the molecule is CC(N)C(F)(F)Cc1cccc(O)c1. The van der Waals surface area contributed by atoms with E-state index in [1.807, 2.05) is 0 Å². The summed E-state index contributed by atoms with van der Waals surface area (Å²) in [6.45, 7) is 1.27. The van der Waals surface area contributed by atoms with Crippen LogP contribution in [0.3, 0.4) is 0 Å². The summed E-state index contributed by atoms with van der Waals surface area (Å²) in [5.74, 6) is -2.95. The molecule has 1 atom stereocenters. The third kappa shape index (κ3) is 2.67. The smallest absolute Gasteiger partial charge is 0.266 e. The fraction of sp³-hybridized carbons (Fsp3) is 0.400. The fourth-order valence-corrected chi connectivity index (χ4v) is 1.10. The summed E-state index contributed by atoms with van der Waals surface area (Å²) in [6.07, 6.45) is -0.445. The molecule has 0 aromatic heterocycles. The molecule has 14 heavy (non-hydrogen) atoms. The van der Waals surface area contributed by atoms with E-state index in [9.17, 15) is 8.78 Å². The van der Waals surface area contributed by atoms with Crippen molar-refractivity contribution in [1.82, 2.24) is 0 Å². The van der Waals surface area contributed by atoms with Crippen LogP contribution in [0.15, 0.2) is 24.3 Å². The number of alkyl halides is 2. The number of benzene rings is 1. The van der Waals surface area contributed by atoms with E-state index in [-0.39, 0.29) is 5.75 Å². The molecule has 0 aliphatic heterocycles. The lowest BCUT2D eigenvalue weighted by molar-refractivity contribution is -0.0190. The number of nitrogens with two attached hydrogens (primary N) is 1. The minimum atomic E-state index is -2.94. The van der Waals surface area contributed by atoms with Crippen LogP contribution in [0.2, 0.25) is 0 Å². The molecule has 0 saturated carbocycles. The largest absolute Gasteiger partial charge is 0.508 e. The number of phenols is 1. The molecule has 0 radical (unpaired) electrons. The average Bonchev–Trinajstić information content (AvgIpc) is 2.02. The molecule has 0 fully saturated rings. The Balaban J connectivity index is 2.78. The Hall–Kier alpha value is -1.16. The predicted molar refractivity (Wildman–Crippen MR) is 50.4 cm³/mol. The predicted octanol–water partition coefficient (Wildman–Crippen LogP) is 1.92. The van der Waals surface area contributed by atoms with Crippen LogP contribution >= 0.6 is 0 Å². The maximum absolute atomic E-state index is 13.2. The topological polar surface area (TPSA) is 46.2 Å². The third-order valence-corrected chi connectivity index (χ3v) is 2.02. The van der Waals surface area contributed by atoms with Gasteiger partial charge >= 0.3 is 0 Å². The summed E-state index contributed by atoms with van der Waals surface area (Å²) < 4.78 is 26.3. The molecular formula is C10H13F2NO. The molecular weight excluding hydrogens is 188 g/mol. The number of rotatable bonds is 3. The molecule has 1 aromatic carbocycles. The molecule has 0 aliphatic rings. The number of hydrogen-bond acceptors (Lipinski definition) is 2. The quantitative estimate of drug-likeness (QED) is 0.784. The van der Waals surface area contributed by atoms with Crippen molar-refractivity contribution in [2.45, 2.75) is 25.3 Å². The Morgan fingerprint density at radius 1 is 1.50 bits per heavy atom. The van der Waals surface area contributed by atoms with Crippen molar-refractivity contribution in [3.05, 3.63) is 29.8 Å². The Bertz CT molecular complexity index is 313. The Kier molecular flexibility index (Phi) is 3.06. The number of phenolic OH excluding ortho intramolecular Hbond substituents is 1. The first-order valence-electron chi connectivity index (χ1n) is 4.33. The molecule has 1 rings (SSSR count). The molecule has 0 spiro atoms. The average molecular weight is 201 g/mol. The van der Waals surface area contributed by atoms with Gasteiger partial charge in [0.05, 0.1) is 6.04 Å². The lowest BCUT2D eigenvalue weighted by Gasteiger charge is -2.20. The van der Waals surface area contributed by atoms with Gasteiger partial charge in [-0.1, -0.05) is 12.1 Å². The van der Waals surface area contributed by atoms with Crippen molar-refractivity contribution in [1.29, 1.82) is 0 Å². The van der Waals surface area contributed by atoms with Gasteiger partial charge in [0, 0.05) is 6.42 Å². The van der Waals surface area contributed by atoms with Gasteiger partial charge in [0.2, 0.25) is 0 Å². The zero-order valence-corrected chi connectivity index (χ0v) is 7.87. The second-order valence-corrected chi connectivity index (χ2v) is 3.40. The summed E-state index contributed by atoms with van der Waals surface area (Å²) in [4.78, 5) is 0. The third-order valence-electron chi connectivity index (χ3n) is 2.02. The summed E-state index contributed by atoms with van der Waals surface area (Å²) >= 11 is 0. The van der Waals surface area contributed by atoms with E-state index < -0.39 is 18.4 Å². The number of aromatic hydroxyl groups is 1. The minimum absolute atomic E-state index is 0.0111. The molecule has 0 saturated heterocycles. The molecule has 0 aliphatic carbocycles. The van der Waals surface area contributed by atoms with Crippen LogP contribution in [0.5, 0.6) is 5.75 Å².